The van der Waals surface area contributed by atoms with E-state index >= 15 is 0 Å². The van der Waals surface area contributed by atoms with Gasteiger partial charge in [-0.2, -0.15) is 0 Å². The molecular formula is C26H39ClN2O3. The molecule has 0 spiro atoms. The van der Waals surface area contributed by atoms with Gasteiger partial charge in [-0.05, 0) is 88.8 Å². The quantitative estimate of drug-likeness (QED) is 0.375. The average Bonchev–Trinajstić information content (AvgIpc) is 3.27. The van der Waals surface area contributed by atoms with Gasteiger partial charge in [0.05, 0.1) is 17.7 Å². The molecule has 2 N–H and O–H groups in total. The fourth-order valence-electron chi connectivity index (χ4n) is 4.33. The largest absolute Gasteiger partial charge is 0.489 e. The van der Waals surface area contributed by atoms with E-state index in [0.717, 1.165) is 80.5 Å². The minimum absolute atomic E-state index is 0.237. The topological polar surface area (TPSA) is 73.9 Å². The van der Waals surface area contributed by atoms with E-state index in [1.54, 1.807) is 6.92 Å². The summed E-state index contributed by atoms with van der Waals surface area (Å²) in [7, 11) is 0. The maximum Gasteiger partial charge on any atom is 0.354 e. The van der Waals surface area contributed by atoms with Crippen LogP contribution in [-0.2, 0) is 9.53 Å². The predicted octanol–water partition coefficient (Wildman–Crippen LogP) is 6.40. The van der Waals surface area contributed by atoms with E-state index in [1.807, 2.05) is 39.0 Å². The Morgan fingerprint density at radius 2 is 1.91 bits per heavy atom. The standard InChI is InChI=1S/C24H33ClN2O3.C2H6/c1-3-29-24(28)23(26)19-5-4-6-21(19)27-14-13-17-8-10-18(11-9-17)30-22-15-16(2)7-12-20(22)25;1-2/h7,12,15,17-18H,3-6,8-11,13-14,26H2,1-2H3;1-2H3/b23-19-,27-21?;. The Bertz CT molecular complexity index is 811. The second-order valence-electron chi connectivity index (χ2n) is 8.28. The van der Waals surface area contributed by atoms with Gasteiger partial charge in [-0.3, -0.25) is 4.99 Å². The molecule has 1 aromatic rings. The van der Waals surface area contributed by atoms with Gasteiger partial charge in [-0.15, -0.1) is 0 Å². The van der Waals surface area contributed by atoms with Gasteiger partial charge in [0.2, 0.25) is 0 Å². The lowest BCUT2D eigenvalue weighted by atomic mass is 9.85. The molecule has 2 saturated carbocycles. The van der Waals surface area contributed by atoms with Crippen molar-refractivity contribution in [2.24, 2.45) is 16.6 Å². The van der Waals surface area contributed by atoms with Crippen LogP contribution in [0.4, 0.5) is 0 Å². The van der Waals surface area contributed by atoms with Crippen LogP contribution in [-0.4, -0.2) is 30.9 Å². The first-order chi connectivity index (χ1) is 15.5. The van der Waals surface area contributed by atoms with Gasteiger partial charge >= 0.3 is 5.97 Å². The van der Waals surface area contributed by atoms with E-state index in [4.69, 9.17) is 31.8 Å². The molecule has 6 heteroatoms. The second-order valence-corrected chi connectivity index (χ2v) is 8.69. The van der Waals surface area contributed by atoms with Gasteiger partial charge < -0.3 is 15.2 Å². The summed E-state index contributed by atoms with van der Waals surface area (Å²) in [5, 5.41) is 0.682. The third-order valence-corrected chi connectivity index (χ3v) is 6.34. The number of aryl methyl sites for hydroxylation is 1. The SMILES string of the molecule is CC.CCOC(=O)/C(N)=C1\CCCC1=NCCC1CCC(Oc2cc(C)ccc2Cl)CC1. The minimum Gasteiger partial charge on any atom is -0.489 e. The van der Waals surface area contributed by atoms with E-state index in [1.165, 1.54) is 0 Å². The Morgan fingerprint density at radius 3 is 2.59 bits per heavy atom. The van der Waals surface area contributed by atoms with Gasteiger partial charge in [0.1, 0.15) is 11.4 Å². The van der Waals surface area contributed by atoms with E-state index in [0.29, 0.717) is 17.5 Å². The molecule has 0 aliphatic heterocycles. The summed E-state index contributed by atoms with van der Waals surface area (Å²) in [6.07, 6.45) is 8.39. The Balaban J connectivity index is 0.00000176. The molecule has 5 nitrogen and oxygen atoms in total. The van der Waals surface area contributed by atoms with Crippen LogP contribution in [0.15, 0.2) is 34.5 Å². The first-order valence-corrected chi connectivity index (χ1v) is 12.5. The summed E-state index contributed by atoms with van der Waals surface area (Å²) in [4.78, 5) is 16.7. The van der Waals surface area contributed by atoms with Crippen LogP contribution in [0.25, 0.3) is 0 Å². The van der Waals surface area contributed by atoms with Crippen molar-refractivity contribution in [3.8, 4) is 5.75 Å². The average molecular weight is 463 g/mol. The number of nitrogens with two attached hydrogens (primary N) is 1. The summed E-state index contributed by atoms with van der Waals surface area (Å²) in [5.41, 5.74) is 9.29. The molecule has 0 radical (unpaired) electrons. The molecule has 2 aliphatic carbocycles. The summed E-state index contributed by atoms with van der Waals surface area (Å²) >= 11 is 6.26. The molecule has 2 fully saturated rings. The molecule has 0 unspecified atom stereocenters. The van der Waals surface area contributed by atoms with Gasteiger partial charge in [-0.25, -0.2) is 4.79 Å². The Labute approximate surface area is 198 Å². The van der Waals surface area contributed by atoms with E-state index in [-0.39, 0.29) is 11.8 Å². The number of allylic oxidation sites excluding steroid dienone is 1. The number of esters is 1. The van der Waals surface area contributed by atoms with Gasteiger partial charge in [0.15, 0.2) is 0 Å². The van der Waals surface area contributed by atoms with Crippen LogP contribution < -0.4 is 10.5 Å². The van der Waals surface area contributed by atoms with E-state index < -0.39 is 5.97 Å². The number of rotatable bonds is 7. The predicted molar refractivity (Wildman–Crippen MR) is 133 cm³/mol. The van der Waals surface area contributed by atoms with Crippen molar-refractivity contribution in [3.63, 3.8) is 0 Å². The number of carbonyl (C=O) groups excluding carboxylic acids is 1. The first-order valence-electron chi connectivity index (χ1n) is 12.1. The number of benzene rings is 1. The fraction of sp³-hybridized carbons (Fsp3) is 0.615. The zero-order valence-corrected chi connectivity index (χ0v) is 20.8. The van der Waals surface area contributed by atoms with E-state index in [2.05, 4.69) is 0 Å². The molecule has 178 valence electrons. The second kappa shape index (κ2) is 13.5. The normalized spacial score (nSPS) is 23.3. The number of hydrogen-bond acceptors (Lipinski definition) is 5. The molecule has 0 heterocycles. The van der Waals surface area contributed by atoms with E-state index in [9.17, 15) is 4.79 Å². The third kappa shape index (κ3) is 7.54. The van der Waals surface area contributed by atoms with Crippen molar-refractivity contribution in [2.75, 3.05) is 13.2 Å². The molecule has 0 saturated heterocycles. The highest BCUT2D eigenvalue weighted by Gasteiger charge is 2.24. The molecule has 0 atom stereocenters. The highest BCUT2D eigenvalue weighted by Crippen LogP contribution is 2.33. The number of hydrogen-bond donors (Lipinski definition) is 1. The van der Waals surface area contributed by atoms with Crippen LogP contribution in [0.3, 0.4) is 0 Å². The Morgan fingerprint density at radius 1 is 1.19 bits per heavy atom. The van der Waals surface area contributed by atoms with Crippen LogP contribution in [0.5, 0.6) is 5.75 Å². The van der Waals surface area contributed by atoms with Gasteiger partial charge in [-0.1, -0.05) is 31.5 Å². The lowest BCUT2D eigenvalue weighted by molar-refractivity contribution is -0.138. The van der Waals surface area contributed by atoms with Gasteiger partial charge in [0, 0.05) is 17.8 Å². The number of nitrogens with zero attached hydrogens (tertiary/aromatic N) is 1. The highest BCUT2D eigenvalue weighted by atomic mass is 35.5. The van der Waals surface area contributed by atoms with Crippen molar-refractivity contribution in [3.05, 3.63) is 40.1 Å². The molecule has 32 heavy (non-hydrogen) atoms. The third-order valence-electron chi connectivity index (χ3n) is 6.02. The highest BCUT2D eigenvalue weighted by molar-refractivity contribution is 6.32. The summed E-state index contributed by atoms with van der Waals surface area (Å²) in [6.45, 7) is 8.96. The number of carbonyl (C=O) groups is 1. The summed E-state index contributed by atoms with van der Waals surface area (Å²) in [5.74, 6) is 1.04. The Kier molecular flexibility index (Phi) is 11.1. The fourth-order valence-corrected chi connectivity index (χ4v) is 4.49. The summed E-state index contributed by atoms with van der Waals surface area (Å²) < 4.78 is 11.2. The molecule has 0 aromatic heterocycles. The van der Waals surface area contributed by atoms with Crippen molar-refractivity contribution in [1.82, 2.24) is 0 Å². The number of halogens is 1. The smallest absolute Gasteiger partial charge is 0.354 e. The number of aliphatic imine (C=N–C) groups is 1. The lowest BCUT2D eigenvalue weighted by Crippen LogP contribution is -2.24. The zero-order chi connectivity index (χ0) is 23.5. The molecular weight excluding hydrogens is 424 g/mol. The molecule has 3 rings (SSSR count). The van der Waals surface area contributed by atoms with Crippen LogP contribution in [0, 0.1) is 12.8 Å². The van der Waals surface area contributed by atoms with Crippen molar-refractivity contribution in [1.29, 1.82) is 0 Å². The lowest BCUT2D eigenvalue weighted by Gasteiger charge is -2.29. The first kappa shape index (κ1) is 26.2. The van der Waals surface area contributed by atoms with Crippen LogP contribution >= 0.6 is 11.6 Å². The number of ether oxygens (including phenoxy) is 2. The molecule has 1 aromatic carbocycles. The summed E-state index contributed by atoms with van der Waals surface area (Å²) in [6, 6.07) is 5.91. The van der Waals surface area contributed by atoms with Crippen molar-refractivity contribution < 1.29 is 14.3 Å². The van der Waals surface area contributed by atoms with Crippen molar-refractivity contribution >= 4 is 23.3 Å². The maximum atomic E-state index is 11.9. The van der Waals surface area contributed by atoms with Crippen molar-refractivity contribution in [2.45, 2.75) is 85.2 Å². The zero-order valence-electron chi connectivity index (χ0n) is 20.1. The van der Waals surface area contributed by atoms with Crippen LogP contribution in [0.2, 0.25) is 5.02 Å². The molecule has 0 bridgehead atoms. The molecule has 2 aliphatic rings. The Hall–Kier alpha value is -2.01. The maximum absolute atomic E-state index is 11.9. The van der Waals surface area contributed by atoms with Gasteiger partial charge in [0.25, 0.3) is 0 Å². The minimum atomic E-state index is -0.422. The monoisotopic (exact) mass is 462 g/mol. The van der Waals surface area contributed by atoms with Crippen LogP contribution in [0.1, 0.15) is 77.7 Å². The molecule has 0 amide bonds.